The van der Waals surface area contributed by atoms with Gasteiger partial charge in [0.2, 0.25) is 0 Å². The van der Waals surface area contributed by atoms with Crippen LogP contribution in [0.5, 0.6) is 5.75 Å². The highest BCUT2D eigenvalue weighted by Crippen LogP contribution is 2.40. The van der Waals surface area contributed by atoms with Gasteiger partial charge in [-0.05, 0) is 68.7 Å². The zero-order chi connectivity index (χ0) is 25.8. The first kappa shape index (κ1) is 25.9. The number of likely N-dealkylation sites (tertiary alicyclic amines) is 1. The zero-order valence-corrected chi connectivity index (χ0v) is 21.0. The number of ketones is 1. The predicted molar refractivity (Wildman–Crippen MR) is 134 cm³/mol. The molecule has 2 aliphatic heterocycles. The highest BCUT2D eigenvalue weighted by Gasteiger charge is 2.45. The van der Waals surface area contributed by atoms with Gasteiger partial charge in [0.05, 0.1) is 30.9 Å². The molecule has 2 aliphatic rings. The number of hydrogen-bond acceptors (Lipinski definition) is 6. The first-order valence-electron chi connectivity index (χ1n) is 12.4. The van der Waals surface area contributed by atoms with Gasteiger partial charge in [-0.2, -0.15) is 0 Å². The summed E-state index contributed by atoms with van der Waals surface area (Å²) in [7, 11) is 0. The number of rotatable bonds is 8. The van der Waals surface area contributed by atoms with Gasteiger partial charge in [0.25, 0.3) is 11.7 Å². The van der Waals surface area contributed by atoms with Crippen LogP contribution in [0.25, 0.3) is 5.76 Å². The molecule has 192 valence electrons. The van der Waals surface area contributed by atoms with Crippen molar-refractivity contribution in [1.29, 1.82) is 0 Å². The molecular weight excluding hydrogens is 463 g/mol. The molecule has 1 amide bonds. The molecule has 1 atom stereocenters. The number of ether oxygens (including phenoxy) is 2. The Kier molecular flexibility index (Phi) is 8.06. The number of benzene rings is 2. The maximum absolute atomic E-state index is 13.7. The van der Waals surface area contributed by atoms with Crippen LogP contribution in [0.3, 0.4) is 0 Å². The second kappa shape index (κ2) is 11.2. The van der Waals surface area contributed by atoms with Crippen molar-refractivity contribution in [3.05, 3.63) is 70.5 Å². The molecule has 2 fully saturated rings. The Morgan fingerprint density at radius 3 is 2.44 bits per heavy atom. The topological polar surface area (TPSA) is 79.3 Å². The molecule has 36 heavy (non-hydrogen) atoms. The molecule has 2 heterocycles. The average molecular weight is 497 g/mol. The summed E-state index contributed by atoms with van der Waals surface area (Å²) in [5, 5.41) is 11.3. The van der Waals surface area contributed by atoms with E-state index in [1.165, 1.54) is 17.0 Å². The molecule has 0 aromatic heterocycles. The smallest absolute Gasteiger partial charge is 0.295 e. The minimum atomic E-state index is -0.804. The van der Waals surface area contributed by atoms with Gasteiger partial charge in [0, 0.05) is 31.7 Å². The summed E-state index contributed by atoms with van der Waals surface area (Å²) in [6.45, 7) is 9.83. The van der Waals surface area contributed by atoms with E-state index < -0.39 is 23.5 Å². The summed E-state index contributed by atoms with van der Waals surface area (Å²) in [6.07, 6.45) is 0.648. The van der Waals surface area contributed by atoms with E-state index in [0.29, 0.717) is 43.1 Å². The number of morpholine rings is 1. The van der Waals surface area contributed by atoms with Gasteiger partial charge < -0.3 is 19.5 Å². The van der Waals surface area contributed by atoms with Crippen LogP contribution >= 0.6 is 0 Å². The van der Waals surface area contributed by atoms with Crippen LogP contribution in [-0.2, 0) is 14.3 Å². The quantitative estimate of drug-likeness (QED) is 0.337. The Balaban J connectivity index is 1.67. The molecular formula is C28H33FN2O5. The second-order valence-electron chi connectivity index (χ2n) is 9.50. The van der Waals surface area contributed by atoms with Crippen molar-refractivity contribution < 1.29 is 28.6 Å². The monoisotopic (exact) mass is 496 g/mol. The Morgan fingerprint density at radius 1 is 1.11 bits per heavy atom. The molecule has 7 nitrogen and oxygen atoms in total. The van der Waals surface area contributed by atoms with E-state index in [1.807, 2.05) is 20.8 Å². The van der Waals surface area contributed by atoms with E-state index in [-0.39, 0.29) is 17.4 Å². The Labute approximate surface area is 211 Å². The lowest BCUT2D eigenvalue weighted by atomic mass is 9.94. The fourth-order valence-electron chi connectivity index (χ4n) is 4.73. The Hall–Kier alpha value is -3.23. The average Bonchev–Trinajstić information content (AvgIpc) is 3.11. The van der Waals surface area contributed by atoms with Crippen LogP contribution in [0.1, 0.15) is 43.0 Å². The molecule has 0 saturated carbocycles. The highest BCUT2D eigenvalue weighted by atomic mass is 19.1. The van der Waals surface area contributed by atoms with E-state index in [9.17, 15) is 19.1 Å². The van der Waals surface area contributed by atoms with Crippen molar-refractivity contribution >= 4 is 17.4 Å². The van der Waals surface area contributed by atoms with Crippen molar-refractivity contribution in [2.75, 3.05) is 39.4 Å². The molecule has 2 saturated heterocycles. The van der Waals surface area contributed by atoms with Crippen LogP contribution in [0.4, 0.5) is 4.39 Å². The van der Waals surface area contributed by atoms with E-state index in [2.05, 4.69) is 4.90 Å². The van der Waals surface area contributed by atoms with Gasteiger partial charge in [0.1, 0.15) is 17.3 Å². The van der Waals surface area contributed by atoms with Crippen molar-refractivity contribution in [2.24, 2.45) is 0 Å². The first-order valence-corrected chi connectivity index (χ1v) is 12.4. The van der Waals surface area contributed by atoms with Gasteiger partial charge in [0.15, 0.2) is 0 Å². The van der Waals surface area contributed by atoms with Crippen molar-refractivity contribution in [3.8, 4) is 5.75 Å². The number of nitrogens with zero attached hydrogens (tertiary/aromatic N) is 2. The highest BCUT2D eigenvalue weighted by molar-refractivity contribution is 6.46. The molecule has 0 bridgehead atoms. The van der Waals surface area contributed by atoms with E-state index in [4.69, 9.17) is 9.47 Å². The normalized spacial score (nSPS) is 20.4. The maximum Gasteiger partial charge on any atom is 0.295 e. The third-order valence-electron chi connectivity index (χ3n) is 6.51. The molecule has 4 rings (SSSR count). The molecule has 8 heteroatoms. The van der Waals surface area contributed by atoms with E-state index >= 15 is 0 Å². The fourth-order valence-corrected chi connectivity index (χ4v) is 4.73. The summed E-state index contributed by atoms with van der Waals surface area (Å²) in [6, 6.07) is 10.1. The zero-order valence-electron chi connectivity index (χ0n) is 21.0. The Morgan fingerprint density at radius 2 is 1.81 bits per heavy atom. The van der Waals surface area contributed by atoms with Gasteiger partial charge in [-0.25, -0.2) is 4.39 Å². The number of Topliss-reactive ketones (excluding diaryl/α,β-unsaturated/α-hetero) is 1. The molecule has 0 radical (unpaired) electrons. The minimum absolute atomic E-state index is 0.00917. The third-order valence-corrected chi connectivity index (χ3v) is 6.51. The second-order valence-corrected chi connectivity index (χ2v) is 9.50. The predicted octanol–water partition coefficient (Wildman–Crippen LogP) is 4.07. The van der Waals surface area contributed by atoms with Crippen LogP contribution in [0, 0.1) is 12.7 Å². The largest absolute Gasteiger partial charge is 0.507 e. The van der Waals surface area contributed by atoms with Gasteiger partial charge in [-0.1, -0.05) is 12.1 Å². The van der Waals surface area contributed by atoms with Crippen LogP contribution in [0.15, 0.2) is 48.0 Å². The number of amides is 1. The SMILES string of the molecule is Cc1cc(/C(O)=C2/C(=O)C(=O)N(CCCN3CCOCC3)C2c2ccc(F)cc2)ccc1OC(C)C. The summed E-state index contributed by atoms with van der Waals surface area (Å²) >= 11 is 0. The van der Waals surface area contributed by atoms with Gasteiger partial charge in [-0.15, -0.1) is 0 Å². The van der Waals surface area contributed by atoms with Crippen LogP contribution < -0.4 is 4.74 Å². The van der Waals surface area contributed by atoms with Gasteiger partial charge >= 0.3 is 0 Å². The number of hydrogen-bond donors (Lipinski definition) is 1. The molecule has 2 aromatic rings. The van der Waals surface area contributed by atoms with Crippen molar-refractivity contribution in [1.82, 2.24) is 9.80 Å². The summed E-state index contributed by atoms with van der Waals surface area (Å²) in [4.78, 5) is 30.1. The summed E-state index contributed by atoms with van der Waals surface area (Å²) in [5.74, 6) is -1.39. The van der Waals surface area contributed by atoms with Gasteiger partial charge in [-0.3, -0.25) is 14.5 Å². The number of aryl methyl sites for hydroxylation is 1. The standard InChI is InChI=1S/C28H33FN2O5/c1-18(2)36-23-10-7-21(17-19(23)3)26(32)24-25(20-5-8-22(29)9-6-20)31(28(34)27(24)33)12-4-11-30-13-15-35-16-14-30/h5-10,17-18,25,32H,4,11-16H2,1-3H3/b26-24-. The van der Waals surface area contributed by atoms with Crippen LogP contribution in [0.2, 0.25) is 0 Å². The number of aliphatic hydroxyl groups excluding tert-OH is 1. The van der Waals surface area contributed by atoms with Crippen molar-refractivity contribution in [3.63, 3.8) is 0 Å². The van der Waals surface area contributed by atoms with Crippen LogP contribution in [-0.4, -0.2) is 72.1 Å². The lowest BCUT2D eigenvalue weighted by molar-refractivity contribution is -0.140. The fraction of sp³-hybridized carbons (Fsp3) is 0.429. The minimum Gasteiger partial charge on any atom is -0.507 e. The van der Waals surface area contributed by atoms with Crippen molar-refractivity contribution in [2.45, 2.75) is 39.3 Å². The molecule has 1 unspecified atom stereocenters. The maximum atomic E-state index is 13.7. The molecule has 1 N–H and O–H groups in total. The number of halogens is 1. The summed E-state index contributed by atoms with van der Waals surface area (Å²) in [5.41, 5.74) is 1.79. The van der Waals surface area contributed by atoms with E-state index in [1.54, 1.807) is 30.3 Å². The molecule has 2 aromatic carbocycles. The summed E-state index contributed by atoms with van der Waals surface area (Å²) < 4.78 is 24.9. The molecule has 0 aliphatic carbocycles. The van der Waals surface area contributed by atoms with E-state index in [0.717, 1.165) is 25.2 Å². The lowest BCUT2D eigenvalue weighted by Crippen LogP contribution is -2.38. The number of carbonyl (C=O) groups is 2. The lowest BCUT2D eigenvalue weighted by Gasteiger charge is -2.29. The molecule has 0 spiro atoms. The Bertz CT molecular complexity index is 1140. The number of aliphatic hydroxyl groups is 1. The first-order chi connectivity index (χ1) is 17.3. The number of carbonyl (C=O) groups excluding carboxylic acids is 2. The third kappa shape index (κ3) is 5.60.